The van der Waals surface area contributed by atoms with Crippen LogP contribution in [0.3, 0.4) is 0 Å². The average Bonchev–Trinajstić information content (AvgIpc) is 2.16. The first-order valence-electron chi connectivity index (χ1n) is 4.13. The van der Waals surface area contributed by atoms with E-state index in [1.807, 2.05) is 0 Å². The summed E-state index contributed by atoms with van der Waals surface area (Å²) in [7, 11) is 0. The van der Waals surface area contributed by atoms with Crippen LogP contribution in [0.4, 0.5) is 0 Å². The van der Waals surface area contributed by atoms with E-state index in [4.69, 9.17) is 16.7 Å². The number of hydrogen-bond acceptors (Lipinski definition) is 3. The molecule has 1 aromatic carbocycles. The fourth-order valence-electron chi connectivity index (χ4n) is 1.12. The van der Waals surface area contributed by atoms with Crippen LogP contribution in [0.15, 0.2) is 18.2 Å². The summed E-state index contributed by atoms with van der Waals surface area (Å²) in [5.74, 6) is -0.287. The van der Waals surface area contributed by atoms with E-state index in [1.54, 1.807) is 12.1 Å². The fraction of sp³-hybridized carbons (Fsp3) is 0.300. The number of ketones is 1. The number of hydrogen-bond donors (Lipinski definition) is 2. The molecule has 3 nitrogen and oxygen atoms in total. The molecule has 2 N–H and O–H groups in total. The number of alkyl halides is 1. The number of carbonyl (C=O) groups is 1. The maximum absolute atomic E-state index is 11.0. The number of aromatic hydroxyl groups is 1. The maximum Gasteiger partial charge on any atom is 0.152 e. The number of halogens is 1. The molecular formula is C10H11ClO3. The van der Waals surface area contributed by atoms with Crippen molar-refractivity contribution in [3.05, 3.63) is 29.3 Å². The van der Waals surface area contributed by atoms with E-state index in [9.17, 15) is 9.90 Å². The SMILES string of the molecule is CC(=O)C(Cl)c1ccc(CO)cc1O. The average molecular weight is 215 g/mol. The zero-order valence-electron chi connectivity index (χ0n) is 7.70. The van der Waals surface area contributed by atoms with Crippen LogP contribution in [0.5, 0.6) is 5.75 Å². The van der Waals surface area contributed by atoms with E-state index < -0.39 is 5.38 Å². The first-order valence-corrected chi connectivity index (χ1v) is 4.57. The monoisotopic (exact) mass is 214 g/mol. The molecule has 0 radical (unpaired) electrons. The highest BCUT2D eigenvalue weighted by atomic mass is 35.5. The summed E-state index contributed by atoms with van der Waals surface area (Å²) in [5.41, 5.74) is 0.954. The number of aliphatic hydroxyl groups excluding tert-OH is 1. The summed E-state index contributed by atoms with van der Waals surface area (Å²) in [5, 5.41) is 17.5. The van der Waals surface area contributed by atoms with Gasteiger partial charge in [-0.25, -0.2) is 0 Å². The molecule has 0 aliphatic rings. The lowest BCUT2D eigenvalue weighted by Gasteiger charge is -2.09. The second kappa shape index (κ2) is 4.44. The van der Waals surface area contributed by atoms with Gasteiger partial charge in [0, 0.05) is 5.56 Å². The van der Waals surface area contributed by atoms with Gasteiger partial charge >= 0.3 is 0 Å². The maximum atomic E-state index is 11.0. The van der Waals surface area contributed by atoms with Gasteiger partial charge in [-0.05, 0) is 18.6 Å². The zero-order valence-corrected chi connectivity index (χ0v) is 8.45. The summed E-state index contributed by atoms with van der Waals surface area (Å²) in [6, 6.07) is 4.56. The van der Waals surface area contributed by atoms with E-state index in [-0.39, 0.29) is 18.1 Å². The number of carbonyl (C=O) groups excluding carboxylic acids is 1. The number of rotatable bonds is 3. The normalized spacial score (nSPS) is 12.5. The Bertz CT molecular complexity index is 349. The number of phenols is 1. The smallest absolute Gasteiger partial charge is 0.152 e. The van der Waals surface area contributed by atoms with Gasteiger partial charge in [-0.2, -0.15) is 0 Å². The van der Waals surface area contributed by atoms with Crippen LogP contribution in [0.25, 0.3) is 0 Å². The van der Waals surface area contributed by atoms with E-state index in [2.05, 4.69) is 0 Å². The van der Waals surface area contributed by atoms with Crippen LogP contribution in [-0.2, 0) is 11.4 Å². The highest BCUT2D eigenvalue weighted by molar-refractivity contribution is 6.31. The Morgan fingerprint density at radius 3 is 2.64 bits per heavy atom. The molecule has 0 bridgehead atoms. The molecule has 4 heteroatoms. The van der Waals surface area contributed by atoms with Crippen molar-refractivity contribution in [1.82, 2.24) is 0 Å². The third-order valence-electron chi connectivity index (χ3n) is 1.91. The van der Waals surface area contributed by atoms with Crippen LogP contribution in [0.1, 0.15) is 23.4 Å². The molecule has 0 saturated carbocycles. The van der Waals surface area contributed by atoms with E-state index in [1.165, 1.54) is 13.0 Å². The van der Waals surface area contributed by atoms with Crippen LogP contribution >= 0.6 is 11.6 Å². The second-order valence-corrected chi connectivity index (χ2v) is 3.46. The number of aliphatic hydroxyl groups is 1. The lowest BCUT2D eigenvalue weighted by Crippen LogP contribution is -2.02. The fourth-order valence-corrected chi connectivity index (χ4v) is 1.31. The minimum atomic E-state index is -0.831. The van der Waals surface area contributed by atoms with Gasteiger partial charge in [0.2, 0.25) is 0 Å². The van der Waals surface area contributed by atoms with Crippen molar-refractivity contribution in [3.8, 4) is 5.75 Å². The van der Waals surface area contributed by atoms with E-state index >= 15 is 0 Å². The van der Waals surface area contributed by atoms with Gasteiger partial charge in [0.15, 0.2) is 5.78 Å². The quantitative estimate of drug-likeness (QED) is 0.754. The van der Waals surface area contributed by atoms with Crippen molar-refractivity contribution in [2.45, 2.75) is 18.9 Å². The summed E-state index contributed by atoms with van der Waals surface area (Å²) >= 11 is 5.77. The third-order valence-corrected chi connectivity index (χ3v) is 2.45. The van der Waals surface area contributed by atoms with E-state index in [0.29, 0.717) is 11.1 Å². The Balaban J connectivity index is 3.05. The summed E-state index contributed by atoms with van der Waals surface area (Å²) in [4.78, 5) is 11.0. The molecule has 0 saturated heterocycles. The summed E-state index contributed by atoms with van der Waals surface area (Å²) in [6.07, 6.45) is 0. The van der Waals surface area contributed by atoms with Crippen molar-refractivity contribution >= 4 is 17.4 Å². The summed E-state index contributed by atoms with van der Waals surface area (Å²) < 4.78 is 0. The standard InChI is InChI=1S/C10H11ClO3/c1-6(13)10(11)8-3-2-7(5-12)4-9(8)14/h2-4,10,12,14H,5H2,1H3. The van der Waals surface area contributed by atoms with Crippen molar-refractivity contribution < 1.29 is 15.0 Å². The Kier molecular flexibility index (Phi) is 3.49. The van der Waals surface area contributed by atoms with Gasteiger partial charge in [-0.15, -0.1) is 11.6 Å². The van der Waals surface area contributed by atoms with Crippen molar-refractivity contribution in [1.29, 1.82) is 0 Å². The second-order valence-electron chi connectivity index (χ2n) is 3.02. The van der Waals surface area contributed by atoms with Gasteiger partial charge in [-0.3, -0.25) is 4.79 Å². The Morgan fingerprint density at radius 1 is 1.57 bits per heavy atom. The summed E-state index contributed by atoms with van der Waals surface area (Å²) in [6.45, 7) is 1.21. The van der Waals surface area contributed by atoms with Crippen molar-refractivity contribution in [3.63, 3.8) is 0 Å². The Hall–Kier alpha value is -1.06. The highest BCUT2D eigenvalue weighted by Crippen LogP contribution is 2.30. The van der Waals surface area contributed by atoms with Crippen LogP contribution in [0.2, 0.25) is 0 Å². The zero-order chi connectivity index (χ0) is 10.7. The Labute approximate surface area is 86.9 Å². The lowest BCUT2D eigenvalue weighted by molar-refractivity contribution is -0.116. The molecule has 1 rings (SSSR count). The largest absolute Gasteiger partial charge is 0.508 e. The molecule has 0 spiro atoms. The van der Waals surface area contributed by atoms with Gasteiger partial charge in [0.1, 0.15) is 11.1 Å². The molecule has 0 heterocycles. The van der Waals surface area contributed by atoms with Crippen LogP contribution in [-0.4, -0.2) is 16.0 Å². The predicted molar refractivity (Wildman–Crippen MR) is 53.3 cm³/mol. The van der Waals surface area contributed by atoms with Gasteiger partial charge in [-0.1, -0.05) is 12.1 Å². The molecule has 0 aliphatic carbocycles. The molecular weight excluding hydrogens is 204 g/mol. The minimum Gasteiger partial charge on any atom is -0.508 e. The van der Waals surface area contributed by atoms with Gasteiger partial charge < -0.3 is 10.2 Å². The lowest BCUT2D eigenvalue weighted by atomic mass is 10.1. The molecule has 0 aliphatic heterocycles. The minimum absolute atomic E-state index is 0.0632. The molecule has 1 atom stereocenters. The topological polar surface area (TPSA) is 57.5 Å². The molecule has 1 unspecified atom stereocenters. The number of benzene rings is 1. The molecule has 0 fully saturated rings. The highest BCUT2D eigenvalue weighted by Gasteiger charge is 2.16. The first-order chi connectivity index (χ1) is 6.56. The van der Waals surface area contributed by atoms with Gasteiger partial charge in [0.25, 0.3) is 0 Å². The molecule has 0 amide bonds. The first kappa shape index (κ1) is 11.0. The third kappa shape index (κ3) is 2.25. The van der Waals surface area contributed by atoms with Gasteiger partial charge in [0.05, 0.1) is 6.61 Å². The number of Topliss-reactive ketones (excluding diaryl/α,β-unsaturated/α-hetero) is 1. The Morgan fingerprint density at radius 2 is 2.21 bits per heavy atom. The van der Waals surface area contributed by atoms with E-state index in [0.717, 1.165) is 0 Å². The van der Waals surface area contributed by atoms with Crippen molar-refractivity contribution in [2.75, 3.05) is 0 Å². The van der Waals surface area contributed by atoms with Crippen molar-refractivity contribution in [2.24, 2.45) is 0 Å². The molecule has 14 heavy (non-hydrogen) atoms. The molecule has 1 aromatic rings. The predicted octanol–water partition coefficient (Wildman–Crippen LogP) is 1.75. The number of phenolic OH excluding ortho intramolecular Hbond substituents is 1. The molecule has 0 aromatic heterocycles. The van der Waals surface area contributed by atoms with Crippen LogP contribution in [0, 0.1) is 0 Å². The van der Waals surface area contributed by atoms with Crippen LogP contribution < -0.4 is 0 Å². The molecule has 76 valence electrons.